The second-order valence-corrected chi connectivity index (χ2v) is 4.82. The van der Waals surface area contributed by atoms with Crippen LogP contribution >= 0.6 is 22.6 Å². The molecule has 0 bridgehead atoms. The summed E-state index contributed by atoms with van der Waals surface area (Å²) in [6.07, 6.45) is -0.254. The van der Waals surface area contributed by atoms with Gasteiger partial charge in [-0.2, -0.15) is 0 Å². The van der Waals surface area contributed by atoms with Crippen LogP contribution in [0.5, 0.6) is 0 Å². The number of halogens is 1. The number of carbonyl (C=O) groups is 1. The number of rotatable bonds is 3. The fourth-order valence-electron chi connectivity index (χ4n) is 1.78. The van der Waals surface area contributed by atoms with Crippen molar-refractivity contribution >= 4 is 39.5 Å². The lowest BCUT2D eigenvalue weighted by Gasteiger charge is -2.08. The highest BCUT2D eigenvalue weighted by molar-refractivity contribution is 14.1. The first-order valence-electron chi connectivity index (χ1n) is 5.31. The molecule has 88 valence electrons. The molecule has 2 N–H and O–H groups in total. The van der Waals surface area contributed by atoms with Gasteiger partial charge in [-0.1, -0.05) is 36.4 Å². The van der Waals surface area contributed by atoms with Crippen LogP contribution in [0.3, 0.4) is 0 Å². The van der Waals surface area contributed by atoms with E-state index in [0.717, 1.165) is 6.42 Å². The standard InChI is InChI=1S/C13H12INO2/c14-12-10(7-8-15-13(16)17)6-5-9-3-1-2-4-11(9)12/h1-6,15H,7-8H2,(H,16,17). The highest BCUT2D eigenvalue weighted by Crippen LogP contribution is 2.24. The van der Waals surface area contributed by atoms with Gasteiger partial charge in [-0.3, -0.25) is 0 Å². The molecule has 2 aromatic carbocycles. The number of amides is 1. The largest absolute Gasteiger partial charge is 0.465 e. The predicted octanol–water partition coefficient (Wildman–Crippen LogP) is 3.25. The Kier molecular flexibility index (Phi) is 3.83. The van der Waals surface area contributed by atoms with Crippen molar-refractivity contribution in [3.63, 3.8) is 0 Å². The third kappa shape index (κ3) is 2.88. The van der Waals surface area contributed by atoms with Gasteiger partial charge in [0.2, 0.25) is 0 Å². The van der Waals surface area contributed by atoms with Crippen molar-refractivity contribution in [2.45, 2.75) is 6.42 Å². The van der Waals surface area contributed by atoms with Gasteiger partial charge in [0, 0.05) is 10.1 Å². The van der Waals surface area contributed by atoms with Gasteiger partial charge in [0.15, 0.2) is 0 Å². The van der Waals surface area contributed by atoms with E-state index < -0.39 is 6.09 Å². The fraction of sp³-hybridized carbons (Fsp3) is 0.154. The summed E-state index contributed by atoms with van der Waals surface area (Å²) in [5.74, 6) is 0. The molecule has 1 amide bonds. The van der Waals surface area contributed by atoms with Crippen molar-refractivity contribution < 1.29 is 9.90 Å². The third-order valence-corrected chi connectivity index (χ3v) is 3.89. The van der Waals surface area contributed by atoms with E-state index in [1.807, 2.05) is 12.1 Å². The van der Waals surface area contributed by atoms with Gasteiger partial charge in [-0.05, 0) is 45.3 Å². The van der Waals surface area contributed by atoms with E-state index in [1.165, 1.54) is 19.9 Å². The molecular weight excluding hydrogens is 329 g/mol. The zero-order valence-electron chi connectivity index (χ0n) is 9.11. The molecule has 0 fully saturated rings. The summed E-state index contributed by atoms with van der Waals surface area (Å²) in [5, 5.41) is 13.3. The molecule has 17 heavy (non-hydrogen) atoms. The van der Waals surface area contributed by atoms with Crippen molar-refractivity contribution in [3.05, 3.63) is 45.5 Å². The lowest BCUT2D eigenvalue weighted by atomic mass is 10.1. The van der Waals surface area contributed by atoms with Crippen molar-refractivity contribution in [2.75, 3.05) is 6.54 Å². The first kappa shape index (κ1) is 12.2. The lowest BCUT2D eigenvalue weighted by molar-refractivity contribution is 0.194. The normalized spacial score (nSPS) is 10.4. The molecule has 0 saturated heterocycles. The summed E-state index contributed by atoms with van der Waals surface area (Å²) in [6, 6.07) is 12.3. The number of fused-ring (bicyclic) bond motifs is 1. The van der Waals surface area contributed by atoms with Gasteiger partial charge in [0.25, 0.3) is 0 Å². The zero-order chi connectivity index (χ0) is 12.3. The molecule has 3 nitrogen and oxygen atoms in total. The Morgan fingerprint density at radius 1 is 1.24 bits per heavy atom. The highest BCUT2D eigenvalue weighted by atomic mass is 127. The molecule has 0 unspecified atom stereocenters. The Balaban J connectivity index is 2.23. The van der Waals surface area contributed by atoms with Gasteiger partial charge in [-0.25, -0.2) is 4.79 Å². The average molecular weight is 341 g/mol. The molecule has 0 saturated carbocycles. The second-order valence-electron chi connectivity index (χ2n) is 3.74. The van der Waals surface area contributed by atoms with Crippen molar-refractivity contribution in [3.8, 4) is 0 Å². The summed E-state index contributed by atoms with van der Waals surface area (Å²) in [4.78, 5) is 10.4. The van der Waals surface area contributed by atoms with Gasteiger partial charge < -0.3 is 10.4 Å². The van der Waals surface area contributed by atoms with Crippen LogP contribution in [0.2, 0.25) is 0 Å². The maximum absolute atomic E-state index is 10.4. The monoisotopic (exact) mass is 341 g/mol. The summed E-state index contributed by atoms with van der Waals surface area (Å²) < 4.78 is 1.20. The average Bonchev–Trinajstić information content (AvgIpc) is 2.32. The first-order chi connectivity index (χ1) is 8.18. The number of hydrogen-bond donors (Lipinski definition) is 2. The van der Waals surface area contributed by atoms with Gasteiger partial charge in [0.05, 0.1) is 0 Å². The topological polar surface area (TPSA) is 49.3 Å². The minimum atomic E-state index is -0.971. The SMILES string of the molecule is O=C(O)NCCc1ccc2ccccc2c1I. The van der Waals surface area contributed by atoms with Crippen LogP contribution in [0, 0.1) is 3.57 Å². The molecule has 0 radical (unpaired) electrons. The second kappa shape index (κ2) is 5.35. The molecule has 0 spiro atoms. The zero-order valence-corrected chi connectivity index (χ0v) is 11.3. The smallest absolute Gasteiger partial charge is 0.404 e. The maximum Gasteiger partial charge on any atom is 0.404 e. The Labute approximate surface area is 113 Å². The minimum Gasteiger partial charge on any atom is -0.465 e. The van der Waals surface area contributed by atoms with Crippen LogP contribution in [-0.2, 0) is 6.42 Å². The molecule has 0 aliphatic rings. The van der Waals surface area contributed by atoms with E-state index in [-0.39, 0.29) is 0 Å². The van der Waals surface area contributed by atoms with E-state index >= 15 is 0 Å². The van der Waals surface area contributed by atoms with E-state index in [2.05, 4.69) is 52.2 Å². The lowest BCUT2D eigenvalue weighted by Crippen LogP contribution is -2.23. The minimum absolute atomic E-state index is 0.448. The summed E-state index contributed by atoms with van der Waals surface area (Å²) in [5.41, 5.74) is 1.18. The summed E-state index contributed by atoms with van der Waals surface area (Å²) in [7, 11) is 0. The van der Waals surface area contributed by atoms with Crippen molar-refractivity contribution in [1.29, 1.82) is 0 Å². The molecule has 0 heterocycles. The Morgan fingerprint density at radius 3 is 2.76 bits per heavy atom. The highest BCUT2D eigenvalue weighted by Gasteiger charge is 2.04. The molecule has 0 aliphatic carbocycles. The van der Waals surface area contributed by atoms with Crippen LogP contribution in [0.25, 0.3) is 10.8 Å². The van der Waals surface area contributed by atoms with Crippen LogP contribution in [-0.4, -0.2) is 17.7 Å². The van der Waals surface area contributed by atoms with Crippen molar-refractivity contribution in [2.24, 2.45) is 0 Å². The molecular formula is C13H12INO2. The van der Waals surface area contributed by atoms with E-state index in [4.69, 9.17) is 5.11 Å². The van der Waals surface area contributed by atoms with Crippen molar-refractivity contribution in [1.82, 2.24) is 5.32 Å². The molecule has 4 heteroatoms. The number of carboxylic acid groups (broad SMARTS) is 1. The van der Waals surface area contributed by atoms with Gasteiger partial charge >= 0.3 is 6.09 Å². The molecule has 0 aliphatic heterocycles. The van der Waals surface area contributed by atoms with Crippen LogP contribution < -0.4 is 5.32 Å². The fourth-order valence-corrected chi connectivity index (χ4v) is 2.72. The van der Waals surface area contributed by atoms with E-state index in [9.17, 15) is 4.79 Å². The Morgan fingerprint density at radius 2 is 2.00 bits per heavy atom. The number of nitrogens with one attached hydrogen (secondary N) is 1. The molecule has 0 aromatic heterocycles. The van der Waals surface area contributed by atoms with Crippen LogP contribution in [0.4, 0.5) is 4.79 Å². The predicted molar refractivity (Wildman–Crippen MR) is 76.4 cm³/mol. The quantitative estimate of drug-likeness (QED) is 0.842. The van der Waals surface area contributed by atoms with E-state index in [1.54, 1.807) is 0 Å². The maximum atomic E-state index is 10.4. The molecule has 2 aromatic rings. The Bertz CT molecular complexity index is 554. The van der Waals surface area contributed by atoms with E-state index in [0.29, 0.717) is 6.54 Å². The first-order valence-corrected chi connectivity index (χ1v) is 6.39. The number of benzene rings is 2. The third-order valence-electron chi connectivity index (χ3n) is 2.61. The van der Waals surface area contributed by atoms with Gasteiger partial charge in [-0.15, -0.1) is 0 Å². The van der Waals surface area contributed by atoms with Crippen LogP contribution in [0.15, 0.2) is 36.4 Å². The molecule has 0 atom stereocenters. The Hall–Kier alpha value is -1.30. The molecule has 2 rings (SSSR count). The summed E-state index contributed by atoms with van der Waals surface area (Å²) >= 11 is 2.32. The summed E-state index contributed by atoms with van der Waals surface area (Å²) in [6.45, 7) is 0.448. The van der Waals surface area contributed by atoms with Gasteiger partial charge in [0.1, 0.15) is 0 Å². The van der Waals surface area contributed by atoms with Crippen LogP contribution in [0.1, 0.15) is 5.56 Å². The number of hydrogen-bond acceptors (Lipinski definition) is 1.